The summed E-state index contributed by atoms with van der Waals surface area (Å²) in [5.41, 5.74) is 2.91. The van der Waals surface area contributed by atoms with Crippen LogP contribution in [0.1, 0.15) is 42.0 Å². The van der Waals surface area contributed by atoms with E-state index in [1.54, 1.807) is 12.3 Å². The van der Waals surface area contributed by atoms with Gasteiger partial charge in [0, 0.05) is 27.4 Å². The number of pyridine rings is 1. The molecule has 0 aliphatic rings. The second-order valence-corrected chi connectivity index (χ2v) is 5.86. The highest BCUT2D eigenvalue weighted by molar-refractivity contribution is 5.57. The fourth-order valence-corrected chi connectivity index (χ4v) is 1.97. The average Bonchev–Trinajstić information content (AvgIpc) is 2.37. The van der Waals surface area contributed by atoms with E-state index < -0.39 is 6.85 Å². The summed E-state index contributed by atoms with van der Waals surface area (Å²) >= 11 is 0. The standard InChI is InChI=1S/C16H22N3/c1-11-7-8-14(19(6)10-11)13-9-17-15(16(3,4)5)18-12(13)2/h7-10H,1-6H3/q+1/i1D3. The Balaban J connectivity index is 2.49. The highest BCUT2D eigenvalue weighted by atomic mass is 14.9. The van der Waals surface area contributed by atoms with Crippen molar-refractivity contribution in [1.29, 1.82) is 0 Å². The van der Waals surface area contributed by atoms with Crippen LogP contribution in [-0.4, -0.2) is 9.97 Å². The molecule has 0 saturated heterocycles. The van der Waals surface area contributed by atoms with E-state index >= 15 is 0 Å². The molecule has 0 N–H and O–H groups in total. The van der Waals surface area contributed by atoms with Gasteiger partial charge in [0.05, 0.1) is 11.3 Å². The van der Waals surface area contributed by atoms with Gasteiger partial charge in [0.2, 0.25) is 5.69 Å². The normalized spacial score (nSPS) is 14.7. The topological polar surface area (TPSA) is 29.7 Å². The lowest BCUT2D eigenvalue weighted by Gasteiger charge is -2.17. The van der Waals surface area contributed by atoms with Crippen LogP contribution in [0.4, 0.5) is 0 Å². The monoisotopic (exact) mass is 259 g/mol. The number of aromatic nitrogens is 3. The summed E-state index contributed by atoms with van der Waals surface area (Å²) < 4.78 is 24.2. The largest absolute Gasteiger partial charge is 0.240 e. The van der Waals surface area contributed by atoms with Crippen molar-refractivity contribution in [3.63, 3.8) is 0 Å². The molecular formula is C16H22N3+. The summed E-state index contributed by atoms with van der Waals surface area (Å²) in [5.74, 6) is 0.801. The fraction of sp³-hybridized carbons (Fsp3) is 0.438. The molecule has 2 heterocycles. The highest BCUT2D eigenvalue weighted by Gasteiger charge is 2.20. The van der Waals surface area contributed by atoms with Crippen LogP contribution in [-0.2, 0) is 12.5 Å². The zero-order chi connectivity index (χ0) is 16.7. The van der Waals surface area contributed by atoms with Crippen molar-refractivity contribution >= 4 is 0 Å². The molecule has 0 fully saturated rings. The summed E-state index contributed by atoms with van der Waals surface area (Å²) in [6, 6.07) is 3.45. The van der Waals surface area contributed by atoms with Crippen molar-refractivity contribution in [1.82, 2.24) is 9.97 Å². The van der Waals surface area contributed by atoms with E-state index in [1.165, 1.54) is 0 Å². The molecule has 0 amide bonds. The molecule has 0 aliphatic heterocycles. The molecule has 19 heavy (non-hydrogen) atoms. The minimum atomic E-state index is -2.10. The molecule has 0 spiro atoms. The SMILES string of the molecule is [2H]C([2H])([2H])c1ccc(-c2cnc(C(C)(C)C)nc2C)[n+](C)c1. The van der Waals surface area contributed by atoms with E-state index in [9.17, 15) is 0 Å². The maximum absolute atomic E-state index is 7.48. The number of hydrogen-bond acceptors (Lipinski definition) is 2. The van der Waals surface area contributed by atoms with Gasteiger partial charge in [-0.25, -0.2) is 14.5 Å². The molecule has 100 valence electrons. The first-order chi connectivity index (χ1) is 10.00. The molecule has 0 bridgehead atoms. The van der Waals surface area contributed by atoms with Crippen LogP contribution < -0.4 is 4.57 Å². The van der Waals surface area contributed by atoms with Gasteiger partial charge in [-0.05, 0) is 19.8 Å². The van der Waals surface area contributed by atoms with E-state index in [2.05, 4.69) is 30.7 Å². The minimum Gasteiger partial charge on any atom is -0.240 e. The first-order valence-corrected chi connectivity index (χ1v) is 6.35. The van der Waals surface area contributed by atoms with Crippen molar-refractivity contribution in [2.75, 3.05) is 0 Å². The maximum Gasteiger partial charge on any atom is 0.215 e. The third-order valence-corrected chi connectivity index (χ3v) is 3.06. The fourth-order valence-electron chi connectivity index (χ4n) is 1.97. The van der Waals surface area contributed by atoms with Crippen molar-refractivity contribution in [3.05, 3.63) is 41.6 Å². The average molecular weight is 259 g/mol. The Bertz CT molecular complexity index is 639. The van der Waals surface area contributed by atoms with Crippen LogP contribution >= 0.6 is 0 Å². The van der Waals surface area contributed by atoms with Crippen LogP contribution in [0.3, 0.4) is 0 Å². The van der Waals surface area contributed by atoms with Gasteiger partial charge < -0.3 is 0 Å². The molecule has 0 aliphatic carbocycles. The van der Waals surface area contributed by atoms with E-state index in [1.807, 2.05) is 30.8 Å². The van der Waals surface area contributed by atoms with Gasteiger partial charge in [0.1, 0.15) is 12.9 Å². The van der Waals surface area contributed by atoms with Gasteiger partial charge in [-0.15, -0.1) is 0 Å². The Hall–Kier alpha value is -1.77. The third kappa shape index (κ3) is 2.80. The Morgan fingerprint density at radius 3 is 2.53 bits per heavy atom. The Morgan fingerprint density at radius 1 is 1.26 bits per heavy atom. The Morgan fingerprint density at radius 2 is 2.00 bits per heavy atom. The van der Waals surface area contributed by atoms with E-state index in [0.717, 1.165) is 22.8 Å². The van der Waals surface area contributed by atoms with Crippen LogP contribution in [0, 0.1) is 13.8 Å². The van der Waals surface area contributed by atoms with Crippen LogP contribution in [0.15, 0.2) is 24.5 Å². The number of aryl methyl sites for hydroxylation is 3. The Kier molecular flexibility index (Phi) is 2.50. The molecule has 0 atom stereocenters. The predicted molar refractivity (Wildman–Crippen MR) is 76.8 cm³/mol. The second kappa shape index (κ2) is 4.72. The number of rotatable bonds is 1. The van der Waals surface area contributed by atoms with Gasteiger partial charge in [0.15, 0.2) is 6.20 Å². The predicted octanol–water partition coefficient (Wildman–Crippen LogP) is 2.88. The zero-order valence-electron chi connectivity index (χ0n) is 15.2. The first-order valence-electron chi connectivity index (χ1n) is 7.85. The molecule has 3 nitrogen and oxygen atoms in total. The summed E-state index contributed by atoms with van der Waals surface area (Å²) in [7, 11) is 1.84. The summed E-state index contributed by atoms with van der Waals surface area (Å²) in [6.07, 6.45) is 3.45. The summed E-state index contributed by atoms with van der Waals surface area (Å²) in [4.78, 5) is 9.06. The first kappa shape index (κ1) is 10.1. The smallest absolute Gasteiger partial charge is 0.215 e. The van der Waals surface area contributed by atoms with Gasteiger partial charge in [0.25, 0.3) is 0 Å². The van der Waals surface area contributed by atoms with Crippen molar-refractivity contribution in [2.45, 2.75) is 40.0 Å². The van der Waals surface area contributed by atoms with Gasteiger partial charge >= 0.3 is 0 Å². The minimum absolute atomic E-state index is 0.101. The van der Waals surface area contributed by atoms with Crippen molar-refractivity contribution in [2.24, 2.45) is 7.05 Å². The molecule has 2 aromatic heterocycles. The summed E-state index contributed by atoms with van der Waals surface area (Å²) in [6.45, 7) is 6.08. The molecule has 0 radical (unpaired) electrons. The second-order valence-electron chi connectivity index (χ2n) is 5.86. The molecule has 0 unspecified atom stereocenters. The lowest BCUT2D eigenvalue weighted by Crippen LogP contribution is -2.31. The van der Waals surface area contributed by atoms with Gasteiger partial charge in [-0.1, -0.05) is 20.8 Å². The lowest BCUT2D eigenvalue weighted by molar-refractivity contribution is -0.660. The Labute approximate surface area is 119 Å². The molecule has 0 aromatic carbocycles. The van der Waals surface area contributed by atoms with Gasteiger partial charge in [-0.2, -0.15) is 0 Å². The molecule has 2 rings (SSSR count). The zero-order valence-corrected chi connectivity index (χ0v) is 12.2. The van der Waals surface area contributed by atoms with E-state index in [0.29, 0.717) is 5.56 Å². The van der Waals surface area contributed by atoms with Crippen LogP contribution in [0.2, 0.25) is 0 Å². The lowest BCUT2D eigenvalue weighted by atomic mass is 9.95. The number of nitrogens with zero attached hydrogens (tertiary/aromatic N) is 3. The van der Waals surface area contributed by atoms with Crippen LogP contribution in [0.5, 0.6) is 0 Å². The van der Waals surface area contributed by atoms with E-state index in [4.69, 9.17) is 4.11 Å². The molecule has 3 heteroatoms. The number of hydrogen-bond donors (Lipinski definition) is 0. The van der Waals surface area contributed by atoms with Gasteiger partial charge in [-0.3, -0.25) is 0 Å². The molecular weight excluding hydrogens is 234 g/mol. The summed E-state index contributed by atoms with van der Waals surface area (Å²) in [5, 5.41) is 0. The quantitative estimate of drug-likeness (QED) is 0.737. The van der Waals surface area contributed by atoms with Crippen molar-refractivity contribution < 1.29 is 8.68 Å². The third-order valence-electron chi connectivity index (χ3n) is 3.06. The molecule has 0 saturated carbocycles. The van der Waals surface area contributed by atoms with Crippen LogP contribution in [0.25, 0.3) is 11.3 Å². The van der Waals surface area contributed by atoms with E-state index in [-0.39, 0.29) is 5.41 Å². The van der Waals surface area contributed by atoms with Crippen molar-refractivity contribution in [3.8, 4) is 11.3 Å². The maximum atomic E-state index is 7.48. The molecule has 2 aromatic rings. The highest BCUT2D eigenvalue weighted by Crippen LogP contribution is 2.23.